The van der Waals surface area contributed by atoms with Crippen molar-refractivity contribution in [3.63, 3.8) is 0 Å². The summed E-state index contributed by atoms with van der Waals surface area (Å²) in [7, 11) is 0. The Morgan fingerprint density at radius 3 is 2.05 bits per heavy atom. The predicted octanol–water partition coefficient (Wildman–Crippen LogP) is 11.1. The highest BCUT2D eigenvalue weighted by Crippen LogP contribution is 2.44. The molecule has 8 rings (SSSR count). The molecule has 0 saturated carbocycles. The van der Waals surface area contributed by atoms with Crippen molar-refractivity contribution in [1.82, 2.24) is 0 Å². The van der Waals surface area contributed by atoms with Crippen LogP contribution in [0, 0.1) is 0 Å². The van der Waals surface area contributed by atoms with E-state index in [-0.39, 0.29) is 25.6 Å². The molecule has 184 valence electrons. The van der Waals surface area contributed by atoms with E-state index in [9.17, 15) is 5.48 Å². The normalized spacial score (nSPS) is 19.5. The van der Waals surface area contributed by atoms with Crippen LogP contribution in [-0.2, 0) is 0 Å². The average Bonchev–Trinajstić information content (AvgIpc) is 3.83. The van der Waals surface area contributed by atoms with E-state index in [2.05, 4.69) is 0 Å². The maximum atomic E-state index is 9.37. The summed E-state index contributed by atoms with van der Waals surface area (Å²) in [4.78, 5) is 0.739. The first-order chi connectivity index (χ1) is 28.5. The average molecular weight is 540 g/mol. The lowest BCUT2D eigenvalue weighted by molar-refractivity contribution is 0.669. The topological polar surface area (TPSA) is 16.4 Å². The first kappa shape index (κ1) is 9.41. The second-order valence-corrected chi connectivity index (χ2v) is 9.14. The molecule has 0 amide bonds. The molecule has 8 aromatic rings. The second-order valence-electron chi connectivity index (χ2n) is 8.12. The van der Waals surface area contributed by atoms with Gasteiger partial charge in [-0.1, -0.05) is 90.6 Å². The Balaban J connectivity index is 1.62. The van der Waals surface area contributed by atoms with E-state index in [1.54, 1.807) is 0 Å². The van der Waals surface area contributed by atoms with Crippen LogP contribution in [0.5, 0.6) is 0 Å². The molecule has 2 aromatic heterocycles. The van der Waals surface area contributed by atoms with Crippen LogP contribution in [0.25, 0.3) is 53.2 Å². The van der Waals surface area contributed by atoms with E-state index >= 15 is 0 Å². The summed E-state index contributed by atoms with van der Waals surface area (Å²) < 4.78 is 198. The number of para-hydroxylation sites is 2. The number of benzene rings is 6. The van der Waals surface area contributed by atoms with Gasteiger partial charge in [0.15, 0.2) is 5.58 Å². The fraction of sp³-hybridized carbons (Fsp3) is 0. The van der Waals surface area contributed by atoms with Crippen molar-refractivity contribution in [3.05, 3.63) is 139 Å². The molecule has 0 fully saturated rings. The molecule has 39 heavy (non-hydrogen) atoms. The lowest BCUT2D eigenvalue weighted by Gasteiger charge is -2.26. The molecular formula is C36H23NOS. The monoisotopic (exact) mass is 539 g/mol. The molecule has 0 saturated heterocycles. The highest BCUT2D eigenvalue weighted by Gasteiger charge is 2.20. The second kappa shape index (κ2) is 8.87. The van der Waals surface area contributed by atoms with Gasteiger partial charge in [0.1, 0.15) is 5.58 Å². The number of rotatable bonds is 4. The van der Waals surface area contributed by atoms with E-state index in [4.69, 9.17) is 29.1 Å². The van der Waals surface area contributed by atoms with E-state index < -0.39 is 178 Å². The van der Waals surface area contributed by atoms with Crippen LogP contribution >= 0.6 is 11.3 Å². The van der Waals surface area contributed by atoms with Gasteiger partial charge in [-0.2, -0.15) is 0 Å². The van der Waals surface area contributed by atoms with E-state index in [1.807, 2.05) is 0 Å². The minimum atomic E-state index is -1.01. The molecule has 6 aromatic carbocycles. The van der Waals surface area contributed by atoms with Gasteiger partial charge in [0, 0.05) is 42.3 Å². The first-order valence-corrected chi connectivity index (χ1v) is 12.1. The van der Waals surface area contributed by atoms with Gasteiger partial charge in [-0.15, -0.1) is 11.3 Å². The molecule has 0 atom stereocenters. The number of nitrogens with zero attached hydrogens (tertiary/aromatic N) is 1. The molecule has 0 spiro atoms. The first-order valence-electron chi connectivity index (χ1n) is 22.3. The van der Waals surface area contributed by atoms with Crippen LogP contribution in [0.4, 0.5) is 17.1 Å². The highest BCUT2D eigenvalue weighted by atomic mass is 32.1. The molecule has 0 aliphatic carbocycles. The fourth-order valence-electron chi connectivity index (χ4n) is 4.23. The van der Waals surface area contributed by atoms with Crippen LogP contribution in [0.2, 0.25) is 0 Å². The van der Waals surface area contributed by atoms with Crippen LogP contribution in [0.1, 0.15) is 30.2 Å². The van der Waals surface area contributed by atoms with Crippen molar-refractivity contribution >= 4 is 70.5 Å². The van der Waals surface area contributed by atoms with E-state index in [0.717, 1.165) is 22.3 Å². The number of furan rings is 1. The van der Waals surface area contributed by atoms with Crippen LogP contribution in [-0.4, -0.2) is 0 Å². The van der Waals surface area contributed by atoms with Crippen molar-refractivity contribution in [2.45, 2.75) is 0 Å². The summed E-state index contributed by atoms with van der Waals surface area (Å²) in [6, 6.07) is -16.0. The third-order valence-corrected chi connectivity index (χ3v) is 6.96. The number of anilines is 3. The summed E-state index contributed by atoms with van der Waals surface area (Å²) in [6.45, 7) is 0. The largest absolute Gasteiger partial charge is 0.454 e. The standard InChI is InChI=1S/C36H23NOS/c1-2-9-24(10-3-1)25-17-19-26(20-18-25)37(27-21-22-35-31(23-27)29-12-5-7-16-34(29)39-35)32-14-8-13-30-28-11-4-6-15-33(28)38-36(30)32/h1-23H/i1D,2D,3D,4D,5D,6D,7D,8D,9D,10D,11D,12D,13D,14D,15D,16D,17D,18D,19D,20D,21D,22D. The van der Waals surface area contributed by atoms with Gasteiger partial charge < -0.3 is 9.32 Å². The number of hydrogen-bond donors (Lipinski definition) is 0. The number of thiophene rings is 1. The van der Waals surface area contributed by atoms with Gasteiger partial charge in [-0.3, -0.25) is 0 Å². The fourth-order valence-corrected chi connectivity index (χ4v) is 5.17. The van der Waals surface area contributed by atoms with Crippen molar-refractivity contribution < 1.29 is 34.6 Å². The lowest BCUT2D eigenvalue weighted by Crippen LogP contribution is -2.10. The van der Waals surface area contributed by atoms with E-state index in [0.29, 0.717) is 0 Å². The van der Waals surface area contributed by atoms with Crippen molar-refractivity contribution in [3.8, 4) is 11.1 Å². The third-order valence-electron chi connectivity index (χ3n) is 5.92. The molecule has 0 N–H and O–H groups in total. The molecule has 2 nitrogen and oxygen atoms in total. The summed E-state index contributed by atoms with van der Waals surface area (Å²) in [5, 5.41) is -0.973. The van der Waals surface area contributed by atoms with Crippen LogP contribution in [0.3, 0.4) is 0 Å². The summed E-state index contributed by atoms with van der Waals surface area (Å²) in [6.07, 6.45) is 0. The molecule has 3 heteroatoms. The molecule has 2 heterocycles. The zero-order valence-electron chi connectivity index (χ0n) is 41.3. The Bertz CT molecular complexity index is 3300. The van der Waals surface area contributed by atoms with Gasteiger partial charge in [0.25, 0.3) is 0 Å². The predicted molar refractivity (Wildman–Crippen MR) is 167 cm³/mol. The van der Waals surface area contributed by atoms with Crippen molar-refractivity contribution in [1.29, 1.82) is 0 Å². The van der Waals surface area contributed by atoms with Gasteiger partial charge in [-0.25, -0.2) is 0 Å². The Morgan fingerprint density at radius 2 is 1.18 bits per heavy atom. The molecule has 0 bridgehead atoms. The zero-order chi connectivity index (χ0) is 44.9. The maximum absolute atomic E-state index is 9.37. The maximum Gasteiger partial charge on any atom is 0.159 e. The molecule has 0 aliphatic heterocycles. The van der Waals surface area contributed by atoms with Crippen molar-refractivity contribution in [2.75, 3.05) is 4.90 Å². The Morgan fingerprint density at radius 1 is 0.513 bits per heavy atom. The Kier molecular flexibility index (Phi) is 2.14. The third kappa shape index (κ3) is 3.63. The summed E-state index contributed by atoms with van der Waals surface area (Å²) in [5.41, 5.74) is -4.63. The smallest absolute Gasteiger partial charge is 0.159 e. The number of fused-ring (bicyclic) bond motifs is 6. The number of hydrogen-bond acceptors (Lipinski definition) is 3. The van der Waals surface area contributed by atoms with Gasteiger partial charge in [-0.05, 0) is 59.5 Å². The lowest BCUT2D eigenvalue weighted by atomic mass is 10.0. The van der Waals surface area contributed by atoms with Gasteiger partial charge in [0.05, 0.1) is 35.8 Å². The Labute approximate surface area is 260 Å². The van der Waals surface area contributed by atoms with Crippen LogP contribution < -0.4 is 4.90 Å². The minimum Gasteiger partial charge on any atom is -0.454 e. The van der Waals surface area contributed by atoms with Gasteiger partial charge in [0.2, 0.25) is 0 Å². The molecule has 0 unspecified atom stereocenters. The molecule has 0 radical (unpaired) electrons. The summed E-state index contributed by atoms with van der Waals surface area (Å²) >= 11 is 0.776. The summed E-state index contributed by atoms with van der Waals surface area (Å²) in [5.74, 6) is 0. The minimum absolute atomic E-state index is 0.000952. The molecular weight excluding hydrogens is 494 g/mol. The SMILES string of the molecule is [2H]c1c([2H])c([2H])c(-c2c([2H])c([2H])c(N(c3cc4c(sc5c([2H])c([2H])c([2H])c([2H])c54)c([2H])c3[2H])c3c([2H])c([2H])c([2H])c4c3oc3c([2H])c([2H])c([2H])c([2H])c34)c([2H])c2[2H])c([2H])c1[2H]. The van der Waals surface area contributed by atoms with Crippen LogP contribution in [0.15, 0.2) is 143 Å². The van der Waals surface area contributed by atoms with E-state index in [1.165, 1.54) is 0 Å². The highest BCUT2D eigenvalue weighted by molar-refractivity contribution is 7.25. The molecule has 0 aliphatic rings. The quantitative estimate of drug-likeness (QED) is 0.221. The van der Waals surface area contributed by atoms with Crippen molar-refractivity contribution in [2.24, 2.45) is 0 Å². The van der Waals surface area contributed by atoms with Gasteiger partial charge >= 0.3 is 0 Å². The zero-order valence-corrected chi connectivity index (χ0v) is 20.2. The Hall–Kier alpha value is -4.86.